The van der Waals surface area contributed by atoms with Crippen molar-refractivity contribution in [2.24, 2.45) is 0 Å². The summed E-state index contributed by atoms with van der Waals surface area (Å²) < 4.78 is 10.5. The van der Waals surface area contributed by atoms with Crippen molar-refractivity contribution in [3.05, 3.63) is 35.0 Å². The van der Waals surface area contributed by atoms with E-state index in [-0.39, 0.29) is 5.91 Å². The molecule has 142 valence electrons. The van der Waals surface area contributed by atoms with Crippen LogP contribution in [0.4, 0.5) is 5.69 Å². The van der Waals surface area contributed by atoms with Gasteiger partial charge in [-0.1, -0.05) is 0 Å². The predicted molar refractivity (Wildman–Crippen MR) is 110 cm³/mol. The maximum absolute atomic E-state index is 12.3. The van der Waals surface area contributed by atoms with E-state index in [4.69, 9.17) is 9.47 Å². The number of hydrogen-bond donors (Lipinski definition) is 1. The normalized spacial score (nSPS) is 10.8. The van der Waals surface area contributed by atoms with Crippen LogP contribution >= 0.6 is 23.1 Å². The topological polar surface area (TPSA) is 73.3 Å². The van der Waals surface area contributed by atoms with Gasteiger partial charge in [0.25, 0.3) is 0 Å². The lowest BCUT2D eigenvalue weighted by Gasteiger charge is -2.11. The van der Waals surface area contributed by atoms with Crippen molar-refractivity contribution in [3.63, 3.8) is 0 Å². The standard InChI is InChI=1S/C19H21N3O3S2/c1-11-12(2)27-19-17(11)18(20-10-21-19)26-8-7-16(23)22-14-6-5-13(24-3)9-15(14)25-4/h5-6,9-10H,7-8H2,1-4H3,(H,22,23). The minimum atomic E-state index is -0.0745. The number of hydrogen-bond acceptors (Lipinski definition) is 7. The number of nitrogens with one attached hydrogen (secondary N) is 1. The van der Waals surface area contributed by atoms with Gasteiger partial charge >= 0.3 is 0 Å². The minimum absolute atomic E-state index is 0.0745. The van der Waals surface area contributed by atoms with Crippen LogP contribution in [0.3, 0.4) is 0 Å². The molecular formula is C19H21N3O3S2. The molecule has 1 amide bonds. The summed E-state index contributed by atoms with van der Waals surface area (Å²) in [6.07, 6.45) is 1.95. The molecular weight excluding hydrogens is 382 g/mol. The highest BCUT2D eigenvalue weighted by Gasteiger charge is 2.13. The molecule has 0 aliphatic rings. The number of thiophene rings is 1. The molecule has 0 atom stereocenters. The third kappa shape index (κ3) is 4.33. The number of rotatable bonds is 7. The fourth-order valence-electron chi connectivity index (χ4n) is 2.61. The number of methoxy groups -OCH3 is 2. The first-order valence-corrected chi connectivity index (χ1v) is 10.2. The number of carbonyl (C=O) groups is 1. The zero-order chi connectivity index (χ0) is 19.4. The van der Waals surface area contributed by atoms with Gasteiger partial charge in [-0.05, 0) is 31.5 Å². The van der Waals surface area contributed by atoms with Crippen LogP contribution in [0.15, 0.2) is 29.6 Å². The Morgan fingerprint density at radius 3 is 2.78 bits per heavy atom. The maximum atomic E-state index is 12.3. The molecule has 1 aromatic carbocycles. The van der Waals surface area contributed by atoms with Gasteiger partial charge in [0.2, 0.25) is 5.91 Å². The lowest BCUT2D eigenvalue weighted by atomic mass is 10.2. The average Bonchev–Trinajstić information content (AvgIpc) is 2.97. The Kier molecular flexibility index (Phi) is 6.18. The number of nitrogens with zero attached hydrogens (tertiary/aromatic N) is 2. The van der Waals surface area contributed by atoms with E-state index in [9.17, 15) is 4.79 Å². The highest BCUT2D eigenvalue weighted by atomic mass is 32.2. The average molecular weight is 404 g/mol. The number of aromatic nitrogens is 2. The number of ether oxygens (including phenoxy) is 2. The third-order valence-electron chi connectivity index (χ3n) is 4.18. The van der Waals surface area contributed by atoms with E-state index < -0.39 is 0 Å². The first-order chi connectivity index (χ1) is 13.0. The molecule has 0 aliphatic heterocycles. The number of fused-ring (bicyclic) bond motifs is 1. The molecule has 0 radical (unpaired) electrons. The van der Waals surface area contributed by atoms with Gasteiger partial charge in [0.15, 0.2) is 0 Å². The second kappa shape index (κ2) is 8.58. The lowest BCUT2D eigenvalue weighted by Crippen LogP contribution is -2.13. The summed E-state index contributed by atoms with van der Waals surface area (Å²) >= 11 is 3.25. The summed E-state index contributed by atoms with van der Waals surface area (Å²) in [5.74, 6) is 1.80. The van der Waals surface area contributed by atoms with E-state index in [2.05, 4.69) is 29.1 Å². The molecule has 0 unspecified atom stereocenters. The highest BCUT2D eigenvalue weighted by molar-refractivity contribution is 7.99. The molecule has 0 aliphatic carbocycles. The van der Waals surface area contributed by atoms with E-state index in [0.29, 0.717) is 29.4 Å². The summed E-state index contributed by atoms with van der Waals surface area (Å²) in [6, 6.07) is 5.30. The van der Waals surface area contributed by atoms with Crippen LogP contribution in [-0.4, -0.2) is 35.8 Å². The van der Waals surface area contributed by atoms with Gasteiger partial charge in [0.05, 0.1) is 19.9 Å². The van der Waals surface area contributed by atoms with Crippen LogP contribution in [0.2, 0.25) is 0 Å². The molecule has 0 saturated heterocycles. The molecule has 2 aromatic heterocycles. The van der Waals surface area contributed by atoms with E-state index in [1.54, 1.807) is 61.8 Å². The second-order valence-corrected chi connectivity index (χ2v) is 8.14. The molecule has 3 aromatic rings. The van der Waals surface area contributed by atoms with Gasteiger partial charge in [0, 0.05) is 28.5 Å². The molecule has 3 rings (SSSR count). The van der Waals surface area contributed by atoms with Crippen molar-refractivity contribution in [1.29, 1.82) is 0 Å². The Balaban J connectivity index is 1.62. The molecule has 8 heteroatoms. The van der Waals surface area contributed by atoms with Crippen LogP contribution in [0.25, 0.3) is 10.2 Å². The Hall–Kier alpha value is -2.32. The van der Waals surface area contributed by atoms with Gasteiger partial charge in [-0.25, -0.2) is 9.97 Å². The van der Waals surface area contributed by atoms with Crippen molar-refractivity contribution in [3.8, 4) is 11.5 Å². The second-order valence-electron chi connectivity index (χ2n) is 5.86. The first kappa shape index (κ1) is 19.4. The summed E-state index contributed by atoms with van der Waals surface area (Å²) in [6.45, 7) is 4.18. The molecule has 0 saturated carbocycles. The molecule has 1 N–H and O–H groups in total. The molecule has 0 fully saturated rings. The van der Waals surface area contributed by atoms with Crippen LogP contribution < -0.4 is 14.8 Å². The van der Waals surface area contributed by atoms with Crippen LogP contribution in [0, 0.1) is 13.8 Å². The molecule has 27 heavy (non-hydrogen) atoms. The summed E-state index contributed by atoms with van der Waals surface area (Å²) in [5, 5.41) is 4.91. The van der Waals surface area contributed by atoms with Gasteiger partial charge in [-0.3, -0.25) is 4.79 Å². The van der Waals surface area contributed by atoms with Crippen LogP contribution in [0.1, 0.15) is 16.9 Å². The predicted octanol–water partition coefficient (Wildman–Crippen LogP) is 4.45. The Bertz CT molecular complexity index is 972. The maximum Gasteiger partial charge on any atom is 0.225 e. The Morgan fingerprint density at radius 1 is 1.22 bits per heavy atom. The van der Waals surface area contributed by atoms with E-state index in [0.717, 1.165) is 15.2 Å². The fraction of sp³-hybridized carbons (Fsp3) is 0.316. The number of anilines is 1. The SMILES string of the molecule is COc1ccc(NC(=O)CCSc2ncnc3sc(C)c(C)c23)c(OC)c1. The third-order valence-corrected chi connectivity index (χ3v) is 6.29. The van der Waals surface area contributed by atoms with E-state index >= 15 is 0 Å². The summed E-state index contributed by atoms with van der Waals surface area (Å²) in [7, 11) is 3.15. The molecule has 2 heterocycles. The molecule has 0 spiro atoms. The van der Waals surface area contributed by atoms with Gasteiger partial charge in [-0.2, -0.15) is 0 Å². The number of carbonyl (C=O) groups excluding carboxylic acids is 1. The Labute approximate surface area is 166 Å². The number of benzene rings is 1. The van der Waals surface area contributed by atoms with Crippen molar-refractivity contribution in [2.75, 3.05) is 25.3 Å². The minimum Gasteiger partial charge on any atom is -0.497 e. The van der Waals surface area contributed by atoms with Crippen molar-refractivity contribution >= 4 is 44.9 Å². The van der Waals surface area contributed by atoms with Crippen molar-refractivity contribution in [2.45, 2.75) is 25.3 Å². The molecule has 0 bridgehead atoms. The van der Waals surface area contributed by atoms with Crippen molar-refractivity contribution < 1.29 is 14.3 Å². The number of amides is 1. The molecule has 6 nitrogen and oxygen atoms in total. The van der Waals surface area contributed by atoms with Gasteiger partial charge in [-0.15, -0.1) is 23.1 Å². The largest absolute Gasteiger partial charge is 0.497 e. The lowest BCUT2D eigenvalue weighted by molar-refractivity contribution is -0.115. The quantitative estimate of drug-likeness (QED) is 0.464. The fourth-order valence-corrected chi connectivity index (χ4v) is 4.67. The smallest absolute Gasteiger partial charge is 0.225 e. The zero-order valence-electron chi connectivity index (χ0n) is 15.7. The monoisotopic (exact) mass is 403 g/mol. The zero-order valence-corrected chi connectivity index (χ0v) is 17.3. The van der Waals surface area contributed by atoms with Gasteiger partial charge in [0.1, 0.15) is 27.7 Å². The Morgan fingerprint density at radius 2 is 2.04 bits per heavy atom. The van der Waals surface area contributed by atoms with Crippen molar-refractivity contribution in [1.82, 2.24) is 9.97 Å². The van der Waals surface area contributed by atoms with Gasteiger partial charge < -0.3 is 14.8 Å². The number of thioether (sulfide) groups is 1. The van der Waals surface area contributed by atoms with Crippen LogP contribution in [-0.2, 0) is 4.79 Å². The first-order valence-electron chi connectivity index (χ1n) is 8.39. The summed E-state index contributed by atoms with van der Waals surface area (Å²) in [5.41, 5.74) is 1.84. The highest BCUT2D eigenvalue weighted by Crippen LogP contribution is 2.34. The number of aryl methyl sites for hydroxylation is 2. The summed E-state index contributed by atoms with van der Waals surface area (Å²) in [4.78, 5) is 23.3. The van der Waals surface area contributed by atoms with Crippen LogP contribution in [0.5, 0.6) is 11.5 Å². The van der Waals surface area contributed by atoms with E-state index in [1.807, 2.05) is 0 Å². The van der Waals surface area contributed by atoms with E-state index in [1.165, 1.54) is 10.4 Å².